The molecule has 3 N–H and O–H groups in total. The third kappa shape index (κ3) is 11.7. The van der Waals surface area contributed by atoms with E-state index in [4.69, 9.17) is 33.2 Å². The average molecular weight is 630 g/mol. The topological polar surface area (TPSA) is 224 Å². The van der Waals surface area contributed by atoms with E-state index in [1.807, 2.05) is 0 Å². The average Bonchev–Trinajstić information content (AvgIpc) is 3.27. The molecule has 44 heavy (non-hydrogen) atoms. The number of nitrogens with zero attached hydrogens (tertiary/aromatic N) is 1. The Hall–Kier alpha value is -4.41. The van der Waals surface area contributed by atoms with E-state index in [2.05, 4.69) is 15.6 Å². The zero-order valence-corrected chi connectivity index (χ0v) is 25.8. The van der Waals surface area contributed by atoms with E-state index in [1.54, 1.807) is 41.5 Å². The third-order valence-corrected chi connectivity index (χ3v) is 5.57. The minimum Gasteiger partial charge on any atom is -0.480 e. The summed E-state index contributed by atoms with van der Waals surface area (Å²) in [5, 5.41) is 13.9. The van der Waals surface area contributed by atoms with Crippen molar-refractivity contribution in [1.29, 1.82) is 0 Å². The number of esters is 1. The number of hydrogen-bond donors (Lipinski definition) is 3. The Bertz CT molecular complexity index is 1150. The van der Waals surface area contributed by atoms with E-state index < -0.39 is 90.1 Å². The molecule has 2 aliphatic rings. The summed E-state index contributed by atoms with van der Waals surface area (Å²) < 4.78 is 36.7. The fourth-order valence-electron chi connectivity index (χ4n) is 4.11. The SMILES string of the molecule is COC(=O)C1=C[C@H](N=C(NC(=O)OC(C)(C)C)NC(=O)OC(C)(C)C)[C@@H](CC(C)=O)[C@H]([C@H](OCC(=O)O)[C@H]2COC(=O)O2)O1. The van der Waals surface area contributed by atoms with Gasteiger partial charge in [0.05, 0.1) is 13.2 Å². The molecule has 2 aliphatic heterocycles. The molecule has 0 saturated carbocycles. The molecule has 0 aromatic rings. The summed E-state index contributed by atoms with van der Waals surface area (Å²) >= 11 is 0. The maximum absolute atomic E-state index is 12.7. The first-order valence-corrected chi connectivity index (χ1v) is 13.5. The van der Waals surface area contributed by atoms with Crippen LogP contribution in [0.3, 0.4) is 0 Å². The number of aliphatic carboxylic acids is 1. The number of ketones is 1. The lowest BCUT2D eigenvalue weighted by molar-refractivity contribution is -0.164. The predicted molar refractivity (Wildman–Crippen MR) is 147 cm³/mol. The van der Waals surface area contributed by atoms with E-state index >= 15 is 0 Å². The number of Topliss-reactive ketones (excluding diaryl/α,β-unsaturated/α-hetero) is 1. The number of carboxylic acid groups (broad SMARTS) is 1. The predicted octanol–water partition coefficient (Wildman–Crippen LogP) is 1.82. The van der Waals surface area contributed by atoms with Crippen molar-refractivity contribution in [2.24, 2.45) is 10.9 Å². The van der Waals surface area contributed by atoms with Crippen LogP contribution in [0.5, 0.6) is 0 Å². The van der Waals surface area contributed by atoms with Crippen LogP contribution < -0.4 is 10.6 Å². The number of rotatable bonds is 9. The van der Waals surface area contributed by atoms with Crippen LogP contribution in [-0.4, -0.2) is 103 Å². The normalized spacial score (nSPS) is 22.1. The zero-order valence-electron chi connectivity index (χ0n) is 25.8. The van der Waals surface area contributed by atoms with Gasteiger partial charge in [-0.15, -0.1) is 0 Å². The molecular weight excluding hydrogens is 590 g/mol. The van der Waals surface area contributed by atoms with Crippen molar-refractivity contribution in [3.8, 4) is 0 Å². The van der Waals surface area contributed by atoms with Crippen LogP contribution in [0.25, 0.3) is 0 Å². The number of nitrogens with one attached hydrogen (secondary N) is 2. The first-order chi connectivity index (χ1) is 20.3. The highest BCUT2D eigenvalue weighted by atomic mass is 16.8. The highest BCUT2D eigenvalue weighted by Crippen LogP contribution is 2.35. The summed E-state index contributed by atoms with van der Waals surface area (Å²) in [5.41, 5.74) is -1.87. The summed E-state index contributed by atoms with van der Waals surface area (Å²) in [6, 6.07) is -1.24. The second-order valence-electron chi connectivity index (χ2n) is 11.8. The van der Waals surface area contributed by atoms with Crippen molar-refractivity contribution in [2.75, 3.05) is 20.3 Å². The number of carboxylic acids is 1. The van der Waals surface area contributed by atoms with Crippen molar-refractivity contribution < 1.29 is 67.0 Å². The van der Waals surface area contributed by atoms with Crippen molar-refractivity contribution in [3.63, 3.8) is 0 Å². The van der Waals surface area contributed by atoms with Crippen LogP contribution >= 0.6 is 0 Å². The molecule has 17 heteroatoms. The standard InChI is InChI=1S/C27H39N3O14/c1-13(31)9-14-15(28-22(29-23(35)43-26(2,3)4)30-24(36)44-27(5,6)7)10-16(21(34)38-8)41-19(14)20(39-12-18(32)33)17-11-40-25(37)42-17/h10,14-15,17,19-20H,9,11-12H2,1-8H3,(H,32,33)(H2,28,29,30,35,36)/t14-,15+,17-,19-,20-/m1/s1. The Kier molecular flexibility index (Phi) is 12.1. The molecule has 0 radical (unpaired) electrons. The maximum Gasteiger partial charge on any atom is 0.508 e. The zero-order chi connectivity index (χ0) is 33.4. The number of methoxy groups -OCH3 is 1. The number of amides is 2. The smallest absolute Gasteiger partial charge is 0.480 e. The number of guanidine groups is 1. The molecule has 2 amide bonds. The number of ether oxygens (including phenoxy) is 7. The summed E-state index contributed by atoms with van der Waals surface area (Å²) in [4.78, 5) is 78.0. The molecule has 246 valence electrons. The molecule has 1 fully saturated rings. The number of carbonyl (C=O) groups excluding carboxylic acids is 5. The first kappa shape index (κ1) is 35.8. The molecule has 0 unspecified atom stereocenters. The van der Waals surface area contributed by atoms with E-state index in [9.17, 15) is 33.9 Å². The van der Waals surface area contributed by atoms with Crippen LogP contribution in [0.4, 0.5) is 14.4 Å². The monoisotopic (exact) mass is 629 g/mol. The molecule has 0 aromatic carbocycles. The summed E-state index contributed by atoms with van der Waals surface area (Å²) in [5.74, 6) is -4.68. The van der Waals surface area contributed by atoms with E-state index in [0.717, 1.165) is 7.11 Å². The minimum atomic E-state index is -1.39. The molecule has 1 saturated heterocycles. The molecule has 5 atom stereocenters. The van der Waals surface area contributed by atoms with E-state index in [1.165, 1.54) is 13.0 Å². The molecule has 0 aliphatic carbocycles. The van der Waals surface area contributed by atoms with Gasteiger partial charge in [0.2, 0.25) is 11.7 Å². The van der Waals surface area contributed by atoms with Crippen LogP contribution in [0.2, 0.25) is 0 Å². The van der Waals surface area contributed by atoms with Crippen LogP contribution in [0.15, 0.2) is 16.8 Å². The van der Waals surface area contributed by atoms with Gasteiger partial charge in [0.25, 0.3) is 0 Å². The van der Waals surface area contributed by atoms with Gasteiger partial charge in [-0.05, 0) is 54.5 Å². The van der Waals surface area contributed by atoms with E-state index in [-0.39, 0.29) is 18.8 Å². The quantitative estimate of drug-likeness (QED) is 0.143. The van der Waals surface area contributed by atoms with Gasteiger partial charge in [0.15, 0.2) is 6.10 Å². The van der Waals surface area contributed by atoms with Gasteiger partial charge in [0, 0.05) is 12.3 Å². The second kappa shape index (κ2) is 14.9. The number of carbonyl (C=O) groups is 6. The molecule has 0 aromatic heterocycles. The first-order valence-electron chi connectivity index (χ1n) is 13.5. The van der Waals surface area contributed by atoms with Gasteiger partial charge >= 0.3 is 30.3 Å². The van der Waals surface area contributed by atoms with Crippen molar-refractivity contribution >= 4 is 42.0 Å². The Labute approximate surface area is 253 Å². The Morgan fingerprint density at radius 1 is 1.02 bits per heavy atom. The highest BCUT2D eigenvalue weighted by molar-refractivity contribution is 6.01. The van der Waals surface area contributed by atoms with Crippen molar-refractivity contribution in [1.82, 2.24) is 10.6 Å². The lowest BCUT2D eigenvalue weighted by Crippen LogP contribution is -2.53. The van der Waals surface area contributed by atoms with Crippen molar-refractivity contribution in [3.05, 3.63) is 11.8 Å². The van der Waals surface area contributed by atoms with Gasteiger partial charge in [-0.2, -0.15) is 0 Å². The molecule has 0 spiro atoms. The largest absolute Gasteiger partial charge is 0.508 e. The Morgan fingerprint density at radius 3 is 2.02 bits per heavy atom. The molecule has 2 rings (SSSR count). The highest BCUT2D eigenvalue weighted by Gasteiger charge is 2.48. The van der Waals surface area contributed by atoms with Gasteiger partial charge in [0.1, 0.15) is 42.4 Å². The number of alkyl carbamates (subject to hydrolysis) is 2. The molecule has 0 bridgehead atoms. The van der Waals surface area contributed by atoms with Crippen LogP contribution in [0.1, 0.15) is 54.9 Å². The lowest BCUT2D eigenvalue weighted by atomic mass is 9.82. The Balaban J connectivity index is 2.67. The molecule has 2 heterocycles. The van der Waals surface area contributed by atoms with Gasteiger partial charge in [-0.3, -0.25) is 10.6 Å². The maximum atomic E-state index is 12.7. The van der Waals surface area contributed by atoms with Crippen LogP contribution in [0, 0.1) is 5.92 Å². The lowest BCUT2D eigenvalue weighted by Gasteiger charge is -2.39. The van der Waals surface area contributed by atoms with Crippen molar-refractivity contribution in [2.45, 2.75) is 90.4 Å². The molecular formula is C27H39N3O14. The fraction of sp³-hybridized carbons (Fsp3) is 0.667. The fourth-order valence-corrected chi connectivity index (χ4v) is 4.11. The number of hydrogen-bond acceptors (Lipinski definition) is 14. The minimum absolute atomic E-state index is 0.287. The second-order valence-corrected chi connectivity index (χ2v) is 11.8. The number of cyclic esters (lactones) is 2. The van der Waals surface area contributed by atoms with Gasteiger partial charge < -0.3 is 43.1 Å². The summed E-state index contributed by atoms with van der Waals surface area (Å²) in [6.45, 7) is 9.70. The summed E-state index contributed by atoms with van der Waals surface area (Å²) in [6.07, 6.45) is -6.13. The van der Waals surface area contributed by atoms with Crippen LogP contribution in [-0.2, 0) is 47.5 Å². The number of aliphatic imine (C=N–C) groups is 1. The Morgan fingerprint density at radius 2 is 1.59 bits per heavy atom. The van der Waals surface area contributed by atoms with E-state index in [0.29, 0.717) is 0 Å². The summed E-state index contributed by atoms with van der Waals surface area (Å²) in [7, 11) is 1.08. The third-order valence-electron chi connectivity index (χ3n) is 5.57. The molecule has 17 nitrogen and oxygen atoms in total. The van der Waals surface area contributed by atoms with Gasteiger partial charge in [-0.25, -0.2) is 29.0 Å². The van der Waals surface area contributed by atoms with Gasteiger partial charge in [-0.1, -0.05) is 0 Å².